The van der Waals surface area contributed by atoms with E-state index in [1.807, 2.05) is 6.07 Å². The normalized spacial score (nSPS) is 10.1. The molecule has 2 aromatic carbocycles. The lowest BCUT2D eigenvalue weighted by Crippen LogP contribution is -2.14. The molecule has 102 valence electrons. The predicted octanol–water partition coefficient (Wildman–Crippen LogP) is 4.21. The summed E-state index contributed by atoms with van der Waals surface area (Å²) in [7, 11) is 0. The van der Waals surface area contributed by atoms with E-state index in [0.29, 0.717) is 10.0 Å². The van der Waals surface area contributed by atoms with Crippen LogP contribution in [0, 0.1) is 13.7 Å². The molecule has 20 heavy (non-hydrogen) atoms. The van der Waals surface area contributed by atoms with Crippen molar-refractivity contribution in [3.63, 3.8) is 0 Å². The van der Waals surface area contributed by atoms with Crippen molar-refractivity contribution in [1.82, 2.24) is 0 Å². The summed E-state index contributed by atoms with van der Waals surface area (Å²) in [4.78, 5) is 22.6. The molecule has 0 spiro atoms. The maximum absolute atomic E-state index is 12.2. The van der Waals surface area contributed by atoms with Gasteiger partial charge in [-0.1, -0.05) is 12.1 Å². The maximum Gasteiger partial charge on any atom is 0.292 e. The average molecular weight is 447 g/mol. The maximum atomic E-state index is 12.2. The van der Waals surface area contributed by atoms with E-state index in [1.165, 1.54) is 12.1 Å². The van der Waals surface area contributed by atoms with Crippen LogP contribution in [0.4, 0.5) is 11.4 Å². The minimum atomic E-state index is -0.528. The number of carbonyl (C=O) groups excluding carboxylic acids is 1. The number of halogens is 2. The highest BCUT2D eigenvalue weighted by Crippen LogP contribution is 2.25. The van der Waals surface area contributed by atoms with E-state index in [2.05, 4.69) is 43.8 Å². The molecule has 5 nitrogen and oxygen atoms in total. The van der Waals surface area contributed by atoms with E-state index in [0.717, 1.165) is 3.57 Å². The number of amides is 1. The van der Waals surface area contributed by atoms with Crippen LogP contribution in [0.25, 0.3) is 0 Å². The molecule has 1 N–H and O–H groups in total. The Bertz CT molecular complexity index is 691. The number of hydrogen-bond donors (Lipinski definition) is 1. The Morgan fingerprint density at radius 2 is 1.95 bits per heavy atom. The van der Waals surface area contributed by atoms with E-state index < -0.39 is 10.8 Å². The minimum Gasteiger partial charge on any atom is -0.316 e. The molecule has 0 saturated heterocycles. The van der Waals surface area contributed by atoms with Gasteiger partial charge in [-0.15, -0.1) is 0 Å². The van der Waals surface area contributed by atoms with Crippen LogP contribution in [-0.4, -0.2) is 10.8 Å². The molecule has 0 heterocycles. The van der Waals surface area contributed by atoms with Crippen molar-refractivity contribution in [1.29, 1.82) is 0 Å². The van der Waals surface area contributed by atoms with Crippen LogP contribution in [0.15, 0.2) is 46.9 Å². The smallest absolute Gasteiger partial charge is 0.292 e. The predicted molar refractivity (Wildman–Crippen MR) is 87.9 cm³/mol. The fourth-order valence-electron chi connectivity index (χ4n) is 1.60. The zero-order valence-corrected chi connectivity index (χ0v) is 13.7. The molecule has 0 aliphatic carbocycles. The van der Waals surface area contributed by atoms with Crippen molar-refractivity contribution in [2.24, 2.45) is 0 Å². The van der Waals surface area contributed by atoms with Crippen molar-refractivity contribution in [2.45, 2.75) is 0 Å². The number of anilines is 1. The first kappa shape index (κ1) is 14.9. The summed E-state index contributed by atoms with van der Waals surface area (Å²) in [6.45, 7) is 0. The average Bonchev–Trinajstić information content (AvgIpc) is 2.41. The van der Waals surface area contributed by atoms with Gasteiger partial charge in [0, 0.05) is 14.1 Å². The SMILES string of the molecule is O=C(Nc1ccccc1[N+](=O)[O-])c1cc(I)ccc1Br. The highest BCUT2D eigenvalue weighted by molar-refractivity contribution is 14.1. The zero-order valence-electron chi connectivity index (χ0n) is 9.97. The Balaban J connectivity index is 2.33. The molecule has 0 saturated carbocycles. The van der Waals surface area contributed by atoms with Gasteiger partial charge in [-0.3, -0.25) is 14.9 Å². The van der Waals surface area contributed by atoms with Crippen LogP contribution in [0.2, 0.25) is 0 Å². The number of hydrogen-bond acceptors (Lipinski definition) is 3. The first-order valence-corrected chi connectivity index (χ1v) is 7.36. The van der Waals surface area contributed by atoms with Crippen LogP contribution < -0.4 is 5.32 Å². The number of nitrogens with one attached hydrogen (secondary N) is 1. The molecule has 0 aromatic heterocycles. The summed E-state index contributed by atoms with van der Waals surface area (Å²) in [6, 6.07) is 11.3. The van der Waals surface area contributed by atoms with Gasteiger partial charge in [0.05, 0.1) is 10.5 Å². The zero-order chi connectivity index (χ0) is 14.7. The van der Waals surface area contributed by atoms with Gasteiger partial charge in [0.25, 0.3) is 11.6 Å². The summed E-state index contributed by atoms with van der Waals surface area (Å²) in [5.74, 6) is -0.398. The van der Waals surface area contributed by atoms with Crippen molar-refractivity contribution in [2.75, 3.05) is 5.32 Å². The third-order valence-electron chi connectivity index (χ3n) is 2.52. The molecular weight excluding hydrogens is 439 g/mol. The lowest BCUT2D eigenvalue weighted by molar-refractivity contribution is -0.383. The molecule has 0 unspecified atom stereocenters. The van der Waals surface area contributed by atoms with Crippen LogP contribution in [0.5, 0.6) is 0 Å². The first-order valence-electron chi connectivity index (χ1n) is 5.49. The summed E-state index contributed by atoms with van der Waals surface area (Å²) >= 11 is 5.39. The summed E-state index contributed by atoms with van der Waals surface area (Å²) in [5.41, 5.74) is 0.464. The van der Waals surface area contributed by atoms with Crippen molar-refractivity contribution in [3.8, 4) is 0 Å². The second-order valence-corrected chi connectivity index (χ2v) is 5.95. The Morgan fingerprint density at radius 1 is 1.25 bits per heavy atom. The fourth-order valence-corrected chi connectivity index (χ4v) is 2.52. The molecule has 0 fully saturated rings. The third kappa shape index (κ3) is 3.34. The van der Waals surface area contributed by atoms with Crippen LogP contribution in [-0.2, 0) is 0 Å². The second-order valence-electron chi connectivity index (χ2n) is 3.85. The van der Waals surface area contributed by atoms with Gasteiger partial charge in [0.2, 0.25) is 0 Å². The van der Waals surface area contributed by atoms with Gasteiger partial charge in [-0.2, -0.15) is 0 Å². The number of benzene rings is 2. The molecule has 0 aliphatic rings. The molecule has 0 aliphatic heterocycles. The quantitative estimate of drug-likeness (QED) is 0.436. The van der Waals surface area contributed by atoms with Crippen LogP contribution in [0.1, 0.15) is 10.4 Å². The van der Waals surface area contributed by atoms with E-state index >= 15 is 0 Å². The van der Waals surface area contributed by atoms with Gasteiger partial charge < -0.3 is 5.32 Å². The molecule has 2 aromatic rings. The molecule has 1 amide bonds. The van der Waals surface area contributed by atoms with Gasteiger partial charge >= 0.3 is 0 Å². The van der Waals surface area contributed by atoms with E-state index in [1.54, 1.807) is 24.3 Å². The van der Waals surface area contributed by atoms with Gasteiger partial charge in [-0.05, 0) is 62.8 Å². The van der Waals surface area contributed by atoms with Crippen molar-refractivity contribution < 1.29 is 9.72 Å². The lowest BCUT2D eigenvalue weighted by Gasteiger charge is -2.07. The largest absolute Gasteiger partial charge is 0.316 e. The van der Waals surface area contributed by atoms with Crippen LogP contribution in [0.3, 0.4) is 0 Å². The van der Waals surface area contributed by atoms with Crippen molar-refractivity contribution in [3.05, 3.63) is 66.2 Å². The molecular formula is C13H8BrIN2O3. The Morgan fingerprint density at radius 3 is 2.65 bits per heavy atom. The molecule has 0 bridgehead atoms. The first-order chi connectivity index (χ1) is 9.49. The van der Waals surface area contributed by atoms with E-state index in [4.69, 9.17) is 0 Å². The summed E-state index contributed by atoms with van der Waals surface area (Å²) < 4.78 is 1.53. The minimum absolute atomic E-state index is 0.136. The number of nitro benzene ring substituents is 1. The topological polar surface area (TPSA) is 72.2 Å². The highest BCUT2D eigenvalue weighted by Gasteiger charge is 2.17. The molecule has 7 heteroatoms. The third-order valence-corrected chi connectivity index (χ3v) is 3.88. The fraction of sp³-hybridized carbons (Fsp3) is 0. The molecule has 0 atom stereocenters. The number of nitrogens with zero attached hydrogens (tertiary/aromatic N) is 1. The Hall–Kier alpha value is -1.48. The lowest BCUT2D eigenvalue weighted by atomic mass is 10.2. The summed E-state index contributed by atoms with van der Waals surface area (Å²) in [6.07, 6.45) is 0. The standard InChI is InChI=1S/C13H8BrIN2O3/c14-10-6-5-8(15)7-9(10)13(18)16-11-3-1-2-4-12(11)17(19)20/h1-7H,(H,16,18). The number of nitro groups is 1. The molecule has 0 radical (unpaired) electrons. The van der Waals surface area contributed by atoms with Crippen LogP contribution >= 0.6 is 38.5 Å². The van der Waals surface area contributed by atoms with E-state index in [9.17, 15) is 14.9 Å². The number of carbonyl (C=O) groups is 1. The van der Waals surface area contributed by atoms with Gasteiger partial charge in [0.15, 0.2) is 0 Å². The highest BCUT2D eigenvalue weighted by atomic mass is 127. The van der Waals surface area contributed by atoms with Gasteiger partial charge in [-0.25, -0.2) is 0 Å². The number of rotatable bonds is 3. The van der Waals surface area contributed by atoms with Gasteiger partial charge in [0.1, 0.15) is 5.69 Å². The second kappa shape index (κ2) is 6.31. The Kier molecular flexibility index (Phi) is 4.71. The molecule has 2 rings (SSSR count). The van der Waals surface area contributed by atoms with Crippen molar-refractivity contribution >= 4 is 55.8 Å². The summed E-state index contributed by atoms with van der Waals surface area (Å²) in [5, 5.41) is 13.5. The Labute approximate surface area is 136 Å². The van der Waals surface area contributed by atoms with E-state index in [-0.39, 0.29) is 11.4 Å². The number of para-hydroxylation sites is 2. The monoisotopic (exact) mass is 446 g/mol.